The van der Waals surface area contributed by atoms with Crippen LogP contribution in [0.25, 0.3) is 67.8 Å². The summed E-state index contributed by atoms with van der Waals surface area (Å²) in [5.41, 5.74) is 19.4. The van der Waals surface area contributed by atoms with Crippen molar-refractivity contribution in [3.05, 3.63) is 168 Å². The first-order valence-corrected chi connectivity index (χ1v) is 15.6. The van der Waals surface area contributed by atoms with E-state index < -0.39 is 0 Å². The van der Waals surface area contributed by atoms with Crippen molar-refractivity contribution in [3.8, 4) is 55.6 Å². The maximum Gasteiger partial charge on any atom is 0.0158 e. The largest absolute Gasteiger partial charge is 0.143 e. The summed E-state index contributed by atoms with van der Waals surface area (Å²) in [6.07, 6.45) is 3.81. The van der Waals surface area contributed by atoms with Crippen molar-refractivity contribution in [1.82, 2.24) is 0 Å². The molecule has 0 fully saturated rings. The van der Waals surface area contributed by atoms with E-state index in [1.54, 1.807) is 0 Å². The van der Waals surface area contributed by atoms with Gasteiger partial charge in [-0.2, -0.15) is 0 Å². The van der Waals surface area contributed by atoms with Crippen molar-refractivity contribution < 1.29 is 65.4 Å². The maximum atomic E-state index is 3.91. The molecule has 0 saturated carbocycles. The summed E-state index contributed by atoms with van der Waals surface area (Å²) in [5.74, 6) is 0. The smallest absolute Gasteiger partial charge is 0.0158 e. The summed E-state index contributed by atoms with van der Waals surface area (Å²) in [4.78, 5) is 0. The Bertz CT molecular complexity index is 1960. The van der Waals surface area contributed by atoms with Gasteiger partial charge in [0.25, 0.3) is 0 Å². The van der Waals surface area contributed by atoms with Gasteiger partial charge in [0.15, 0.2) is 0 Å². The van der Waals surface area contributed by atoms with Gasteiger partial charge in [-0.25, -0.2) is 0 Å². The Kier molecular flexibility index (Phi) is 10.7. The van der Waals surface area contributed by atoms with Crippen LogP contribution in [-0.2, 0) is 70.8 Å². The van der Waals surface area contributed by atoms with E-state index in [1.807, 2.05) is 12.2 Å². The Morgan fingerprint density at radius 2 is 0.872 bits per heavy atom. The average Bonchev–Trinajstić information content (AvgIpc) is 3.30. The minimum Gasteiger partial charge on any atom is -0.143 e. The molecule has 0 spiro atoms. The number of rotatable bonds is 6. The maximum absolute atomic E-state index is 3.91. The van der Waals surface area contributed by atoms with Crippen LogP contribution < -0.4 is 0 Å². The van der Waals surface area contributed by atoms with Crippen LogP contribution in [0.1, 0.15) is 47.2 Å². The van der Waals surface area contributed by atoms with Crippen molar-refractivity contribution in [2.45, 2.75) is 33.1 Å². The van der Waals surface area contributed by atoms with Gasteiger partial charge in [0.1, 0.15) is 0 Å². The van der Waals surface area contributed by atoms with Crippen LogP contribution in [0, 0.1) is 26.0 Å². The molecule has 0 aliphatic heterocycles. The molecule has 0 unspecified atom stereocenters. The van der Waals surface area contributed by atoms with Crippen LogP contribution in [-0.4, -0.2) is 0 Å². The minimum absolute atomic E-state index is 0. The van der Waals surface area contributed by atoms with Crippen LogP contribution in [0.4, 0.5) is 0 Å². The predicted octanol–water partition coefficient (Wildman–Crippen LogP) is 12.2. The second-order valence-corrected chi connectivity index (χ2v) is 12.7. The van der Waals surface area contributed by atoms with Gasteiger partial charge >= 0.3 is 0 Å². The van der Waals surface area contributed by atoms with Crippen LogP contribution in [0.3, 0.4) is 0 Å². The molecular formula is C45H36Y2-2. The molecule has 0 aromatic heterocycles. The standard InChI is InChI=1S/C45H36.2Y/c1-7-31-9-19-37(25-29(31)3)33-11-15-35(16-12-33)39-21-23-41-42-24-22-40(28-44(42)45(5,6)43(41)27-39)36-17-13-34(14-18-36)38-20-10-32(8-2)30(4)26-38;;/h7-11,13,15-28H,1-2H2,3-6H3;;/q-2;;. The van der Waals surface area contributed by atoms with Crippen LogP contribution in [0.5, 0.6) is 0 Å². The average molecular weight is 755 g/mol. The van der Waals surface area contributed by atoms with Crippen LogP contribution in [0.2, 0.25) is 0 Å². The Morgan fingerprint density at radius 3 is 1.21 bits per heavy atom. The SMILES string of the molecule is C=Cc1ccc(-c2[c-]cc(-c3ccc4c(c3)C(C)(C)c3cc(-c5c[c-]c(-c6ccc(C=C)c(C)c6)cc5)ccc3-4)cc2)cc1C.[Y].[Y]. The summed E-state index contributed by atoms with van der Waals surface area (Å²) in [6, 6.07) is 46.9. The van der Waals surface area contributed by atoms with Gasteiger partial charge in [-0.05, 0) is 47.2 Å². The normalized spacial score (nSPS) is 12.3. The molecule has 0 atom stereocenters. The molecule has 0 amide bonds. The first-order valence-electron chi connectivity index (χ1n) is 15.6. The molecule has 0 N–H and O–H groups in total. The van der Waals surface area contributed by atoms with Gasteiger partial charge in [-0.3, -0.25) is 0 Å². The van der Waals surface area contributed by atoms with E-state index in [9.17, 15) is 0 Å². The van der Waals surface area contributed by atoms with Crippen molar-refractivity contribution in [2.75, 3.05) is 0 Å². The molecule has 6 aromatic rings. The molecule has 47 heavy (non-hydrogen) atoms. The van der Waals surface area contributed by atoms with E-state index in [0.29, 0.717) is 0 Å². The molecule has 6 aromatic carbocycles. The molecule has 0 heterocycles. The molecular weight excluding hydrogens is 718 g/mol. The van der Waals surface area contributed by atoms with Gasteiger partial charge < -0.3 is 0 Å². The van der Waals surface area contributed by atoms with Gasteiger partial charge in [-0.15, -0.1) is 59.7 Å². The third-order valence-electron chi connectivity index (χ3n) is 9.57. The number of aryl methyl sites for hydroxylation is 2. The summed E-state index contributed by atoms with van der Waals surface area (Å²) >= 11 is 0. The molecule has 2 heteroatoms. The van der Waals surface area contributed by atoms with Crippen molar-refractivity contribution in [2.24, 2.45) is 0 Å². The number of benzene rings is 6. The van der Waals surface area contributed by atoms with Gasteiger partial charge in [0.05, 0.1) is 0 Å². The Morgan fingerprint density at radius 1 is 0.489 bits per heavy atom. The van der Waals surface area contributed by atoms with E-state index in [0.717, 1.165) is 11.1 Å². The zero-order valence-corrected chi connectivity index (χ0v) is 33.3. The quantitative estimate of drug-likeness (QED) is 0.149. The third kappa shape index (κ3) is 6.56. The monoisotopic (exact) mass is 754 g/mol. The molecule has 7 rings (SSSR count). The molecule has 0 nitrogen and oxygen atoms in total. The Hall–Kier alpha value is -2.99. The zero-order chi connectivity index (χ0) is 31.3. The molecule has 2 radical (unpaired) electrons. The number of hydrogen-bond donors (Lipinski definition) is 0. The fourth-order valence-corrected chi connectivity index (χ4v) is 6.81. The summed E-state index contributed by atoms with van der Waals surface area (Å²) < 4.78 is 0. The number of hydrogen-bond acceptors (Lipinski definition) is 0. The summed E-state index contributed by atoms with van der Waals surface area (Å²) in [6.45, 7) is 16.8. The Balaban J connectivity index is 0.00000217. The van der Waals surface area contributed by atoms with E-state index >= 15 is 0 Å². The van der Waals surface area contributed by atoms with E-state index in [4.69, 9.17) is 0 Å². The summed E-state index contributed by atoms with van der Waals surface area (Å²) in [7, 11) is 0. The van der Waals surface area contributed by atoms with Crippen LogP contribution >= 0.6 is 0 Å². The van der Waals surface area contributed by atoms with E-state index in [1.165, 1.54) is 77.9 Å². The minimum atomic E-state index is -0.112. The van der Waals surface area contributed by atoms with Crippen molar-refractivity contribution >= 4 is 12.2 Å². The predicted molar refractivity (Wildman–Crippen MR) is 193 cm³/mol. The first-order chi connectivity index (χ1) is 21.8. The van der Waals surface area contributed by atoms with Gasteiger partial charge in [-0.1, -0.05) is 156 Å². The van der Waals surface area contributed by atoms with Crippen molar-refractivity contribution in [1.29, 1.82) is 0 Å². The second kappa shape index (κ2) is 14.2. The van der Waals surface area contributed by atoms with Gasteiger partial charge in [0.2, 0.25) is 0 Å². The zero-order valence-electron chi connectivity index (χ0n) is 27.6. The molecule has 0 bridgehead atoms. The van der Waals surface area contributed by atoms with Crippen LogP contribution in [0.15, 0.2) is 122 Å². The third-order valence-corrected chi connectivity index (χ3v) is 9.57. The summed E-state index contributed by atoms with van der Waals surface area (Å²) in [5, 5.41) is 0. The molecule has 1 aliphatic carbocycles. The topological polar surface area (TPSA) is 0 Å². The van der Waals surface area contributed by atoms with Gasteiger partial charge in [0, 0.05) is 70.8 Å². The van der Waals surface area contributed by atoms with E-state index in [-0.39, 0.29) is 70.8 Å². The second-order valence-electron chi connectivity index (χ2n) is 12.7. The Labute approximate surface area is 330 Å². The van der Waals surface area contributed by atoms with E-state index in [2.05, 4.69) is 162 Å². The number of fused-ring (bicyclic) bond motifs is 3. The fourth-order valence-electron chi connectivity index (χ4n) is 6.81. The fraction of sp³-hybridized carbons (Fsp3) is 0.111. The molecule has 0 saturated heterocycles. The molecule has 224 valence electrons. The molecule has 1 aliphatic rings. The first kappa shape index (κ1) is 35.3. The van der Waals surface area contributed by atoms with Crippen molar-refractivity contribution in [3.63, 3.8) is 0 Å².